The summed E-state index contributed by atoms with van der Waals surface area (Å²) in [5.74, 6) is -0.284. The van der Waals surface area contributed by atoms with Crippen molar-refractivity contribution in [2.75, 3.05) is 18.5 Å². The summed E-state index contributed by atoms with van der Waals surface area (Å²) >= 11 is 1.70. The van der Waals surface area contributed by atoms with Crippen LogP contribution in [0.15, 0.2) is 0 Å². The van der Waals surface area contributed by atoms with Crippen molar-refractivity contribution in [3.8, 4) is 0 Å². The Bertz CT molecular complexity index is 491. The summed E-state index contributed by atoms with van der Waals surface area (Å²) in [6.45, 7) is 9.91. The Kier molecular flexibility index (Phi) is 5.25. The van der Waals surface area contributed by atoms with Crippen molar-refractivity contribution in [3.63, 3.8) is 0 Å². The first kappa shape index (κ1) is 16.3. The number of hydrogen-bond acceptors (Lipinski definition) is 5. The van der Waals surface area contributed by atoms with Crippen LogP contribution in [0.25, 0.3) is 0 Å². The molecule has 1 unspecified atom stereocenters. The van der Waals surface area contributed by atoms with Gasteiger partial charge in [0.1, 0.15) is 5.92 Å². The van der Waals surface area contributed by atoms with Gasteiger partial charge in [0.05, 0.1) is 12.3 Å². The van der Waals surface area contributed by atoms with Gasteiger partial charge in [-0.05, 0) is 38.0 Å². The molecular formula is C16H26N2O2S. The molecule has 0 bridgehead atoms. The summed E-state index contributed by atoms with van der Waals surface area (Å²) in [5.41, 5.74) is 1.26. The van der Waals surface area contributed by atoms with Crippen molar-refractivity contribution in [2.45, 2.75) is 59.3 Å². The maximum Gasteiger partial charge on any atom is 0.315 e. The molecule has 1 N–H and O–H groups in total. The first-order valence-electron chi connectivity index (χ1n) is 7.81. The number of carbonyl (C=O) groups excluding carboxylic acids is 1. The SMILES string of the molecule is CCOC(=O)C1CCCc2sc(NCCC(C)(C)C)nc21. The van der Waals surface area contributed by atoms with Crippen LogP contribution in [0, 0.1) is 5.41 Å². The summed E-state index contributed by atoms with van der Waals surface area (Å²) in [4.78, 5) is 17.9. The van der Waals surface area contributed by atoms with Crippen LogP contribution in [-0.2, 0) is 16.0 Å². The number of anilines is 1. The maximum atomic E-state index is 12.0. The molecule has 1 aromatic rings. The molecule has 5 heteroatoms. The molecule has 1 aliphatic rings. The van der Waals surface area contributed by atoms with Crippen molar-refractivity contribution in [1.29, 1.82) is 0 Å². The number of thiazole rings is 1. The second-order valence-corrected chi connectivity index (χ2v) is 7.85. The van der Waals surface area contributed by atoms with E-state index in [4.69, 9.17) is 4.74 Å². The Balaban J connectivity index is 2.03. The van der Waals surface area contributed by atoms with E-state index in [1.807, 2.05) is 6.92 Å². The fraction of sp³-hybridized carbons (Fsp3) is 0.750. The van der Waals surface area contributed by atoms with Crippen LogP contribution < -0.4 is 5.32 Å². The van der Waals surface area contributed by atoms with Crippen molar-refractivity contribution in [2.24, 2.45) is 5.41 Å². The minimum absolute atomic E-state index is 0.120. The molecule has 118 valence electrons. The lowest BCUT2D eigenvalue weighted by Gasteiger charge is -2.19. The first-order valence-corrected chi connectivity index (χ1v) is 8.62. The summed E-state index contributed by atoms with van der Waals surface area (Å²) in [6, 6.07) is 0. The molecule has 2 rings (SSSR count). The van der Waals surface area contributed by atoms with E-state index < -0.39 is 0 Å². The number of aromatic nitrogens is 1. The number of hydrogen-bond donors (Lipinski definition) is 1. The van der Waals surface area contributed by atoms with Crippen molar-refractivity contribution in [1.82, 2.24) is 4.98 Å². The quantitative estimate of drug-likeness (QED) is 0.836. The molecule has 1 aliphatic carbocycles. The monoisotopic (exact) mass is 310 g/mol. The molecule has 0 aliphatic heterocycles. The highest BCUT2D eigenvalue weighted by Crippen LogP contribution is 2.37. The minimum atomic E-state index is -0.164. The normalized spacial score (nSPS) is 18.2. The van der Waals surface area contributed by atoms with Gasteiger partial charge >= 0.3 is 5.97 Å². The van der Waals surface area contributed by atoms with E-state index in [1.54, 1.807) is 11.3 Å². The highest BCUT2D eigenvalue weighted by atomic mass is 32.1. The van der Waals surface area contributed by atoms with Crippen LogP contribution in [0.3, 0.4) is 0 Å². The summed E-state index contributed by atoms with van der Waals surface area (Å²) in [7, 11) is 0. The number of fused-ring (bicyclic) bond motifs is 1. The van der Waals surface area contributed by atoms with Crippen LogP contribution in [-0.4, -0.2) is 24.1 Å². The zero-order valence-electron chi connectivity index (χ0n) is 13.5. The smallest absolute Gasteiger partial charge is 0.315 e. The predicted octanol–water partition coefficient (Wildman–Crippen LogP) is 3.97. The fourth-order valence-electron chi connectivity index (χ4n) is 2.51. The van der Waals surface area contributed by atoms with Gasteiger partial charge in [-0.15, -0.1) is 11.3 Å². The second kappa shape index (κ2) is 6.77. The molecule has 0 amide bonds. The van der Waals surface area contributed by atoms with Gasteiger partial charge in [-0.3, -0.25) is 4.79 Å². The third kappa shape index (κ3) is 4.43. The van der Waals surface area contributed by atoms with Gasteiger partial charge in [0.15, 0.2) is 5.13 Å². The van der Waals surface area contributed by atoms with E-state index in [-0.39, 0.29) is 11.9 Å². The summed E-state index contributed by atoms with van der Waals surface area (Å²) in [6.07, 6.45) is 4.03. The molecule has 0 spiro atoms. The Morgan fingerprint density at radius 2 is 2.24 bits per heavy atom. The largest absolute Gasteiger partial charge is 0.465 e. The fourth-order valence-corrected chi connectivity index (χ4v) is 3.60. The van der Waals surface area contributed by atoms with E-state index in [0.717, 1.165) is 43.1 Å². The van der Waals surface area contributed by atoms with Gasteiger partial charge in [0.2, 0.25) is 0 Å². The Morgan fingerprint density at radius 1 is 1.48 bits per heavy atom. The number of aryl methyl sites for hydroxylation is 1. The van der Waals surface area contributed by atoms with Gasteiger partial charge in [0, 0.05) is 11.4 Å². The van der Waals surface area contributed by atoms with E-state index in [0.29, 0.717) is 12.0 Å². The number of rotatable bonds is 5. The standard InChI is InChI=1S/C16H26N2O2S/c1-5-20-14(19)11-7-6-8-12-13(11)18-15(21-12)17-10-9-16(2,3)4/h11H,5-10H2,1-4H3,(H,17,18). The second-order valence-electron chi connectivity index (χ2n) is 6.76. The van der Waals surface area contributed by atoms with Crippen LogP contribution in [0.2, 0.25) is 0 Å². The van der Waals surface area contributed by atoms with Crippen LogP contribution >= 0.6 is 11.3 Å². The molecule has 1 aromatic heterocycles. The number of nitrogens with zero attached hydrogens (tertiary/aromatic N) is 1. The van der Waals surface area contributed by atoms with Crippen LogP contribution in [0.4, 0.5) is 5.13 Å². The minimum Gasteiger partial charge on any atom is -0.465 e. The molecule has 0 aromatic carbocycles. The molecule has 0 saturated heterocycles. The van der Waals surface area contributed by atoms with Gasteiger partial charge in [-0.2, -0.15) is 0 Å². The Labute approximate surface area is 131 Å². The first-order chi connectivity index (χ1) is 9.90. The zero-order valence-corrected chi connectivity index (χ0v) is 14.3. The molecule has 4 nitrogen and oxygen atoms in total. The lowest BCUT2D eigenvalue weighted by molar-refractivity contribution is -0.145. The average molecular weight is 310 g/mol. The van der Waals surface area contributed by atoms with Gasteiger partial charge < -0.3 is 10.1 Å². The Morgan fingerprint density at radius 3 is 2.90 bits per heavy atom. The van der Waals surface area contributed by atoms with Gasteiger partial charge in [-0.25, -0.2) is 4.98 Å². The van der Waals surface area contributed by atoms with E-state index in [2.05, 4.69) is 31.1 Å². The number of carbonyl (C=O) groups is 1. The highest BCUT2D eigenvalue weighted by Gasteiger charge is 2.31. The van der Waals surface area contributed by atoms with Gasteiger partial charge in [-0.1, -0.05) is 20.8 Å². The molecule has 0 saturated carbocycles. The maximum absolute atomic E-state index is 12.0. The molecule has 21 heavy (non-hydrogen) atoms. The molecule has 0 fully saturated rings. The van der Waals surface area contributed by atoms with Crippen molar-refractivity contribution >= 4 is 22.4 Å². The summed E-state index contributed by atoms with van der Waals surface area (Å²) in [5, 5.41) is 4.35. The van der Waals surface area contributed by atoms with Gasteiger partial charge in [0.25, 0.3) is 0 Å². The van der Waals surface area contributed by atoms with E-state index in [9.17, 15) is 4.79 Å². The van der Waals surface area contributed by atoms with E-state index in [1.165, 1.54) is 4.88 Å². The highest BCUT2D eigenvalue weighted by molar-refractivity contribution is 7.15. The van der Waals surface area contributed by atoms with Crippen molar-refractivity contribution in [3.05, 3.63) is 10.6 Å². The van der Waals surface area contributed by atoms with Crippen molar-refractivity contribution < 1.29 is 9.53 Å². The van der Waals surface area contributed by atoms with Crippen LogP contribution in [0.1, 0.15) is 63.4 Å². The molecule has 1 heterocycles. The Hall–Kier alpha value is -1.10. The average Bonchev–Trinajstić information content (AvgIpc) is 2.79. The molecule has 1 atom stereocenters. The lowest BCUT2D eigenvalue weighted by atomic mass is 9.91. The van der Waals surface area contributed by atoms with E-state index >= 15 is 0 Å². The topological polar surface area (TPSA) is 51.2 Å². The number of nitrogens with one attached hydrogen (secondary N) is 1. The number of esters is 1. The molecule has 0 radical (unpaired) electrons. The zero-order chi connectivity index (χ0) is 15.5. The number of ether oxygens (including phenoxy) is 1. The third-order valence-electron chi connectivity index (χ3n) is 3.68. The third-order valence-corrected chi connectivity index (χ3v) is 4.77. The predicted molar refractivity (Wildman–Crippen MR) is 87.0 cm³/mol. The lowest BCUT2D eigenvalue weighted by Crippen LogP contribution is -2.20. The summed E-state index contributed by atoms with van der Waals surface area (Å²) < 4.78 is 5.18. The van der Waals surface area contributed by atoms with Crippen LogP contribution in [0.5, 0.6) is 0 Å². The molecular weight excluding hydrogens is 284 g/mol.